The number of nitrogens with zero attached hydrogens (tertiary/aromatic N) is 1. The number of piperazine rings is 1. The molecule has 7 heteroatoms. The molecular weight excluding hydrogens is 260 g/mol. The highest BCUT2D eigenvalue weighted by molar-refractivity contribution is 6.44. The zero-order valence-electron chi connectivity index (χ0n) is 10.7. The van der Waals surface area contributed by atoms with Crippen LogP contribution in [0.5, 0.6) is 0 Å². The van der Waals surface area contributed by atoms with E-state index < -0.39 is 11.7 Å². The number of ketones is 1. The Morgan fingerprint density at radius 3 is 2.65 bits per heavy atom. The quantitative estimate of drug-likeness (QED) is 0.506. The largest absolute Gasteiger partial charge is 0.347 e. The van der Waals surface area contributed by atoms with Gasteiger partial charge in [-0.15, -0.1) is 0 Å². The topological polar surface area (TPSA) is 98.1 Å². The summed E-state index contributed by atoms with van der Waals surface area (Å²) in [6, 6.07) is 2.88. The summed E-state index contributed by atoms with van der Waals surface area (Å²) in [4.78, 5) is 42.6. The van der Waals surface area contributed by atoms with Gasteiger partial charge in [-0.1, -0.05) is 0 Å². The first-order valence-electron chi connectivity index (χ1n) is 6.41. The molecule has 0 atom stereocenters. The van der Waals surface area contributed by atoms with Crippen molar-refractivity contribution < 1.29 is 9.59 Å². The number of carbonyl (C=O) groups excluding carboxylic acids is 2. The average Bonchev–Trinajstić information content (AvgIpc) is 2.89. The lowest BCUT2D eigenvalue weighted by Crippen LogP contribution is -2.48. The number of hydrogen-bond donors (Lipinski definition) is 3. The van der Waals surface area contributed by atoms with Gasteiger partial charge >= 0.3 is 0 Å². The van der Waals surface area contributed by atoms with E-state index in [0.717, 1.165) is 0 Å². The number of hydrogen-bond acceptors (Lipinski definition) is 4. The van der Waals surface area contributed by atoms with Gasteiger partial charge in [0.1, 0.15) is 5.65 Å². The number of carbonyl (C=O) groups is 2. The van der Waals surface area contributed by atoms with Crippen molar-refractivity contribution in [3.05, 3.63) is 34.2 Å². The Labute approximate surface area is 114 Å². The maximum Gasteiger partial charge on any atom is 0.295 e. The lowest BCUT2D eigenvalue weighted by molar-refractivity contribution is -0.126. The minimum absolute atomic E-state index is 0.258. The molecule has 0 aliphatic carbocycles. The van der Waals surface area contributed by atoms with Gasteiger partial charge in [0, 0.05) is 43.8 Å². The van der Waals surface area contributed by atoms with E-state index in [1.807, 2.05) is 0 Å². The molecule has 1 aliphatic heterocycles. The maximum absolute atomic E-state index is 12.3. The van der Waals surface area contributed by atoms with Crippen molar-refractivity contribution in [3.63, 3.8) is 0 Å². The normalized spacial score (nSPS) is 15.5. The number of rotatable bonds is 2. The second-order valence-electron chi connectivity index (χ2n) is 4.68. The summed E-state index contributed by atoms with van der Waals surface area (Å²) in [7, 11) is 0. The summed E-state index contributed by atoms with van der Waals surface area (Å²) in [6.45, 7) is 2.45. The van der Waals surface area contributed by atoms with Crippen LogP contribution in [0.25, 0.3) is 11.0 Å². The van der Waals surface area contributed by atoms with Gasteiger partial charge in [-0.25, -0.2) is 0 Å². The van der Waals surface area contributed by atoms with E-state index in [-0.39, 0.29) is 5.56 Å². The van der Waals surface area contributed by atoms with E-state index in [1.54, 1.807) is 11.0 Å². The SMILES string of the molecule is O=C(C(=O)N1CCNCC1)c1c[nH]c2[nH]c(=O)ccc12. The number of Topliss-reactive ketones (excluding diaryl/α,β-unsaturated/α-hetero) is 1. The number of aromatic nitrogens is 2. The lowest BCUT2D eigenvalue weighted by Gasteiger charge is -2.26. The molecule has 2 aromatic heterocycles. The number of nitrogens with one attached hydrogen (secondary N) is 3. The van der Waals surface area contributed by atoms with E-state index in [4.69, 9.17) is 0 Å². The van der Waals surface area contributed by atoms with Crippen molar-refractivity contribution in [2.45, 2.75) is 0 Å². The molecule has 20 heavy (non-hydrogen) atoms. The molecular formula is C13H14N4O3. The molecule has 3 rings (SSSR count). The van der Waals surface area contributed by atoms with Crippen LogP contribution in [0.4, 0.5) is 0 Å². The second-order valence-corrected chi connectivity index (χ2v) is 4.68. The molecule has 0 saturated carbocycles. The summed E-state index contributed by atoms with van der Waals surface area (Å²) in [5.41, 5.74) is 0.487. The van der Waals surface area contributed by atoms with Gasteiger partial charge in [0.05, 0.1) is 5.56 Å². The third-order valence-electron chi connectivity index (χ3n) is 3.41. The van der Waals surface area contributed by atoms with Gasteiger partial charge in [0.25, 0.3) is 11.7 Å². The van der Waals surface area contributed by atoms with Crippen LogP contribution in [-0.2, 0) is 4.79 Å². The average molecular weight is 274 g/mol. The fourth-order valence-corrected chi connectivity index (χ4v) is 2.35. The van der Waals surface area contributed by atoms with Gasteiger partial charge in [-0.2, -0.15) is 0 Å². The number of pyridine rings is 1. The van der Waals surface area contributed by atoms with Crippen LogP contribution in [0.15, 0.2) is 23.1 Å². The number of fused-ring (bicyclic) bond motifs is 1. The molecule has 3 N–H and O–H groups in total. The summed E-state index contributed by atoms with van der Waals surface area (Å²) < 4.78 is 0. The minimum atomic E-state index is -0.551. The Balaban J connectivity index is 1.92. The van der Waals surface area contributed by atoms with E-state index in [9.17, 15) is 14.4 Å². The van der Waals surface area contributed by atoms with Crippen molar-refractivity contribution >= 4 is 22.7 Å². The fourth-order valence-electron chi connectivity index (χ4n) is 2.35. The summed E-state index contributed by atoms with van der Waals surface area (Å²) in [6.07, 6.45) is 1.46. The lowest BCUT2D eigenvalue weighted by atomic mass is 10.1. The predicted octanol–water partition coefficient (Wildman–Crippen LogP) is -0.529. The van der Waals surface area contributed by atoms with Crippen LogP contribution < -0.4 is 10.9 Å². The van der Waals surface area contributed by atoms with E-state index in [1.165, 1.54) is 12.3 Å². The van der Waals surface area contributed by atoms with Crippen LogP contribution in [0.3, 0.4) is 0 Å². The first-order chi connectivity index (χ1) is 9.66. The van der Waals surface area contributed by atoms with E-state index >= 15 is 0 Å². The molecule has 7 nitrogen and oxygen atoms in total. The van der Waals surface area contributed by atoms with Crippen molar-refractivity contribution in [2.75, 3.05) is 26.2 Å². The van der Waals surface area contributed by atoms with Crippen LogP contribution in [0.1, 0.15) is 10.4 Å². The zero-order valence-corrected chi connectivity index (χ0v) is 10.7. The second kappa shape index (κ2) is 4.93. The Hall–Kier alpha value is -2.41. The molecule has 1 amide bonds. The summed E-state index contributed by atoms with van der Waals surface area (Å²) >= 11 is 0. The van der Waals surface area contributed by atoms with Gasteiger partial charge in [0.15, 0.2) is 0 Å². The van der Waals surface area contributed by atoms with E-state index in [2.05, 4.69) is 15.3 Å². The summed E-state index contributed by atoms with van der Waals surface area (Å²) in [5, 5.41) is 3.68. The van der Waals surface area contributed by atoms with Crippen LogP contribution >= 0.6 is 0 Å². The minimum Gasteiger partial charge on any atom is -0.347 e. The number of amides is 1. The Bertz CT molecular complexity index is 725. The molecule has 0 radical (unpaired) electrons. The third kappa shape index (κ3) is 2.12. The molecule has 0 bridgehead atoms. The zero-order chi connectivity index (χ0) is 14.1. The molecule has 0 aromatic carbocycles. The monoisotopic (exact) mass is 274 g/mol. The van der Waals surface area contributed by atoms with Gasteiger partial charge in [-0.3, -0.25) is 14.4 Å². The molecule has 3 heterocycles. The first kappa shape index (κ1) is 12.6. The fraction of sp³-hybridized carbons (Fsp3) is 0.308. The van der Waals surface area contributed by atoms with Crippen LogP contribution in [0.2, 0.25) is 0 Å². The standard InChI is InChI=1S/C13H14N4O3/c18-10-2-1-8-9(7-15-12(8)16-10)11(19)13(20)17-5-3-14-4-6-17/h1-2,7,14H,3-6H2,(H2,15,16,18). The maximum atomic E-state index is 12.3. The predicted molar refractivity (Wildman–Crippen MR) is 72.7 cm³/mol. The number of H-pyrrole nitrogens is 2. The highest BCUT2D eigenvalue weighted by atomic mass is 16.2. The highest BCUT2D eigenvalue weighted by Crippen LogP contribution is 2.16. The number of aromatic amines is 2. The van der Waals surface area contributed by atoms with Gasteiger partial charge < -0.3 is 20.2 Å². The van der Waals surface area contributed by atoms with Crippen LogP contribution in [0, 0.1) is 0 Å². The molecule has 104 valence electrons. The van der Waals surface area contributed by atoms with Crippen molar-refractivity contribution in [1.29, 1.82) is 0 Å². The van der Waals surface area contributed by atoms with E-state index in [0.29, 0.717) is 42.8 Å². The van der Waals surface area contributed by atoms with Gasteiger partial charge in [-0.05, 0) is 6.07 Å². The molecule has 1 aliphatic rings. The van der Waals surface area contributed by atoms with Crippen molar-refractivity contribution in [2.24, 2.45) is 0 Å². The molecule has 0 spiro atoms. The van der Waals surface area contributed by atoms with Crippen LogP contribution in [-0.4, -0.2) is 52.7 Å². The molecule has 0 unspecified atom stereocenters. The van der Waals surface area contributed by atoms with Gasteiger partial charge in [0.2, 0.25) is 5.56 Å². The Morgan fingerprint density at radius 2 is 1.90 bits per heavy atom. The molecule has 1 fully saturated rings. The molecule has 2 aromatic rings. The van der Waals surface area contributed by atoms with Crippen molar-refractivity contribution in [3.8, 4) is 0 Å². The van der Waals surface area contributed by atoms with Crippen molar-refractivity contribution in [1.82, 2.24) is 20.2 Å². The first-order valence-corrected chi connectivity index (χ1v) is 6.41. The third-order valence-corrected chi connectivity index (χ3v) is 3.41. The highest BCUT2D eigenvalue weighted by Gasteiger charge is 2.26. The Morgan fingerprint density at radius 1 is 1.15 bits per heavy atom. The smallest absolute Gasteiger partial charge is 0.295 e. The Kier molecular flexibility index (Phi) is 3.11. The molecule has 1 saturated heterocycles. The summed E-state index contributed by atoms with van der Waals surface area (Å²) in [5.74, 6) is -1.05.